The molecular weight excluding hydrogens is 462 g/mol. The van der Waals surface area contributed by atoms with Gasteiger partial charge in [-0.15, -0.1) is 0 Å². The Morgan fingerprint density at radius 1 is 0.889 bits per heavy atom. The molecule has 2 saturated heterocycles. The number of H-pyrrole nitrogens is 1. The number of piperazine rings is 1. The summed E-state index contributed by atoms with van der Waals surface area (Å²) in [5.41, 5.74) is 2.20. The van der Waals surface area contributed by atoms with Gasteiger partial charge in [0.2, 0.25) is 5.91 Å². The molecule has 6 nitrogen and oxygen atoms in total. The van der Waals surface area contributed by atoms with Crippen molar-refractivity contribution in [3.8, 4) is 0 Å². The molecule has 188 valence electrons. The number of hydrogen-bond donors (Lipinski definition) is 1. The molecule has 0 bridgehead atoms. The van der Waals surface area contributed by atoms with Crippen molar-refractivity contribution < 1.29 is 18.4 Å². The van der Waals surface area contributed by atoms with Crippen molar-refractivity contribution in [3.05, 3.63) is 71.4 Å². The molecule has 1 aromatic heterocycles. The number of piperidine rings is 1. The van der Waals surface area contributed by atoms with E-state index in [-0.39, 0.29) is 34.8 Å². The summed E-state index contributed by atoms with van der Waals surface area (Å²) in [5, 5.41) is 0.690. The minimum absolute atomic E-state index is 0.0239. The monoisotopic (exact) mass is 492 g/mol. The Hall–Kier alpha value is -3.26. The van der Waals surface area contributed by atoms with Crippen molar-refractivity contribution in [2.45, 2.75) is 25.8 Å². The van der Waals surface area contributed by atoms with Crippen LogP contribution in [0.15, 0.2) is 48.5 Å². The van der Waals surface area contributed by atoms with Gasteiger partial charge >= 0.3 is 0 Å². The van der Waals surface area contributed by atoms with Crippen LogP contribution in [0.1, 0.15) is 35.3 Å². The number of carbonyl (C=O) groups is 2. The number of hydrogen-bond acceptors (Lipinski definition) is 3. The summed E-state index contributed by atoms with van der Waals surface area (Å²) >= 11 is 0. The maximum atomic E-state index is 13.5. The zero-order valence-electron chi connectivity index (χ0n) is 20.2. The van der Waals surface area contributed by atoms with Gasteiger partial charge in [0.15, 0.2) is 0 Å². The number of amides is 2. The average Bonchev–Trinajstić information content (AvgIpc) is 3.40. The highest BCUT2D eigenvalue weighted by atomic mass is 19.1. The lowest BCUT2D eigenvalue weighted by molar-refractivity contribution is -0.135. The van der Waals surface area contributed by atoms with E-state index in [0.29, 0.717) is 43.8 Å². The maximum Gasteiger partial charge on any atom is 0.270 e. The van der Waals surface area contributed by atoms with Crippen molar-refractivity contribution in [2.75, 3.05) is 39.3 Å². The second kappa shape index (κ2) is 9.00. The van der Waals surface area contributed by atoms with E-state index < -0.39 is 0 Å². The molecule has 6 rings (SSSR count). The standard InChI is InChI=1S/C28H30F2N4O2/c29-21-3-1-2-19(14-21)18-32-10-12-34(13-11-32)26(35)23-17-28(23)6-8-33(9-7-28)27(36)25-16-20-15-22(30)4-5-24(20)31-25/h1-5,14-16,23,31H,6-13,17-18H2. The maximum absolute atomic E-state index is 13.5. The Labute approximate surface area is 208 Å². The first-order valence-electron chi connectivity index (χ1n) is 12.7. The highest BCUT2D eigenvalue weighted by molar-refractivity contribution is 5.98. The molecule has 8 heteroatoms. The van der Waals surface area contributed by atoms with Gasteiger partial charge in [0.1, 0.15) is 17.3 Å². The van der Waals surface area contributed by atoms with Crippen LogP contribution in [0.3, 0.4) is 0 Å². The number of aromatic nitrogens is 1. The van der Waals surface area contributed by atoms with Crippen LogP contribution < -0.4 is 0 Å². The quantitative estimate of drug-likeness (QED) is 0.598. The van der Waals surface area contributed by atoms with Gasteiger partial charge < -0.3 is 14.8 Å². The molecule has 3 heterocycles. The SMILES string of the molecule is O=C(c1cc2cc(F)ccc2[nH]1)N1CCC2(CC1)CC2C(=O)N1CCN(Cc2cccc(F)c2)CC1. The lowest BCUT2D eigenvalue weighted by atomic mass is 9.90. The Morgan fingerprint density at radius 2 is 1.64 bits per heavy atom. The van der Waals surface area contributed by atoms with Crippen molar-refractivity contribution in [1.82, 2.24) is 19.7 Å². The first-order chi connectivity index (χ1) is 17.4. The van der Waals surface area contributed by atoms with Crippen LogP contribution in [0.4, 0.5) is 8.78 Å². The zero-order chi connectivity index (χ0) is 24.9. The van der Waals surface area contributed by atoms with E-state index in [9.17, 15) is 18.4 Å². The van der Waals surface area contributed by atoms with Gasteiger partial charge in [0.25, 0.3) is 5.91 Å². The van der Waals surface area contributed by atoms with E-state index in [1.54, 1.807) is 24.3 Å². The van der Waals surface area contributed by atoms with Crippen LogP contribution in [-0.2, 0) is 11.3 Å². The number of carbonyl (C=O) groups excluding carboxylic acids is 2. The van der Waals surface area contributed by atoms with Crippen LogP contribution >= 0.6 is 0 Å². The minimum atomic E-state index is -0.321. The Kier molecular flexibility index (Phi) is 5.79. The van der Waals surface area contributed by atoms with E-state index in [2.05, 4.69) is 9.88 Å². The summed E-state index contributed by atoms with van der Waals surface area (Å²) in [6.07, 6.45) is 2.58. The second-order valence-corrected chi connectivity index (χ2v) is 10.6. The highest BCUT2D eigenvalue weighted by Crippen LogP contribution is 2.60. The van der Waals surface area contributed by atoms with Crippen molar-refractivity contribution in [1.29, 1.82) is 0 Å². The summed E-state index contributed by atoms with van der Waals surface area (Å²) < 4.78 is 27.0. The average molecular weight is 493 g/mol. The molecule has 1 saturated carbocycles. The van der Waals surface area contributed by atoms with E-state index in [1.165, 1.54) is 18.2 Å². The molecule has 3 fully saturated rings. The second-order valence-electron chi connectivity index (χ2n) is 10.6. The smallest absolute Gasteiger partial charge is 0.270 e. The molecule has 2 aliphatic heterocycles. The summed E-state index contributed by atoms with van der Waals surface area (Å²) in [7, 11) is 0. The van der Waals surface area contributed by atoms with Gasteiger partial charge in [-0.1, -0.05) is 12.1 Å². The first-order valence-corrected chi connectivity index (χ1v) is 12.7. The van der Waals surface area contributed by atoms with Gasteiger partial charge in [0, 0.05) is 62.6 Å². The van der Waals surface area contributed by atoms with Crippen LogP contribution in [0.2, 0.25) is 0 Å². The van der Waals surface area contributed by atoms with Gasteiger partial charge in [-0.05, 0) is 66.6 Å². The number of fused-ring (bicyclic) bond motifs is 1. The lowest BCUT2D eigenvalue weighted by Gasteiger charge is -2.36. The van der Waals surface area contributed by atoms with Gasteiger partial charge in [-0.2, -0.15) is 0 Å². The zero-order valence-corrected chi connectivity index (χ0v) is 20.2. The summed E-state index contributed by atoms with van der Waals surface area (Å²) in [4.78, 5) is 35.5. The fraction of sp³-hybridized carbons (Fsp3) is 0.429. The molecule has 1 N–H and O–H groups in total. The third-order valence-electron chi connectivity index (χ3n) is 8.33. The summed E-state index contributed by atoms with van der Waals surface area (Å²) in [6.45, 7) is 4.94. The van der Waals surface area contributed by atoms with Crippen molar-refractivity contribution in [2.24, 2.45) is 11.3 Å². The third kappa shape index (κ3) is 4.39. The molecule has 3 aliphatic rings. The summed E-state index contributed by atoms with van der Waals surface area (Å²) in [5.74, 6) is -0.305. The molecule has 1 atom stereocenters. The predicted octanol–water partition coefficient (Wildman–Crippen LogP) is 4.03. The van der Waals surface area contributed by atoms with E-state index in [1.807, 2.05) is 15.9 Å². The van der Waals surface area contributed by atoms with Crippen LogP contribution in [0.5, 0.6) is 0 Å². The Balaban J connectivity index is 1.00. The van der Waals surface area contributed by atoms with Crippen molar-refractivity contribution in [3.63, 3.8) is 0 Å². The molecule has 1 spiro atoms. The number of nitrogens with one attached hydrogen (secondary N) is 1. The minimum Gasteiger partial charge on any atom is -0.351 e. The third-order valence-corrected chi connectivity index (χ3v) is 8.33. The van der Waals surface area contributed by atoms with Gasteiger partial charge in [-0.25, -0.2) is 8.78 Å². The Bertz CT molecular complexity index is 1310. The number of rotatable bonds is 4. The fourth-order valence-electron chi connectivity index (χ4n) is 6.03. The van der Waals surface area contributed by atoms with Crippen molar-refractivity contribution >= 4 is 22.7 Å². The fourth-order valence-corrected chi connectivity index (χ4v) is 6.03. The largest absolute Gasteiger partial charge is 0.351 e. The molecular formula is C28H30F2N4O2. The van der Waals surface area contributed by atoms with Gasteiger partial charge in [-0.3, -0.25) is 14.5 Å². The molecule has 3 aromatic rings. The summed E-state index contributed by atoms with van der Waals surface area (Å²) in [6, 6.07) is 12.9. The molecule has 1 unspecified atom stereocenters. The normalized spacial score (nSPS) is 21.8. The molecule has 2 aromatic carbocycles. The lowest BCUT2D eigenvalue weighted by Crippen LogP contribution is -2.49. The number of aromatic amines is 1. The highest BCUT2D eigenvalue weighted by Gasteiger charge is 2.59. The number of halogens is 2. The van der Waals surface area contributed by atoms with E-state index in [4.69, 9.17) is 0 Å². The number of benzene rings is 2. The first kappa shape index (κ1) is 23.2. The van der Waals surface area contributed by atoms with Crippen LogP contribution in [0.25, 0.3) is 10.9 Å². The molecule has 1 aliphatic carbocycles. The molecule has 36 heavy (non-hydrogen) atoms. The Morgan fingerprint density at radius 3 is 2.39 bits per heavy atom. The topological polar surface area (TPSA) is 59.7 Å². The number of likely N-dealkylation sites (tertiary alicyclic amines) is 1. The van der Waals surface area contributed by atoms with Crippen LogP contribution in [-0.4, -0.2) is 70.8 Å². The van der Waals surface area contributed by atoms with E-state index >= 15 is 0 Å². The predicted molar refractivity (Wildman–Crippen MR) is 132 cm³/mol. The van der Waals surface area contributed by atoms with E-state index in [0.717, 1.165) is 43.4 Å². The molecule has 0 radical (unpaired) electrons. The number of nitrogens with zero attached hydrogens (tertiary/aromatic N) is 3. The van der Waals surface area contributed by atoms with Crippen LogP contribution in [0, 0.1) is 23.0 Å². The molecule has 2 amide bonds. The van der Waals surface area contributed by atoms with Gasteiger partial charge in [0.05, 0.1) is 0 Å².